The van der Waals surface area contributed by atoms with Gasteiger partial charge in [-0.15, -0.1) is 5.16 Å². The summed E-state index contributed by atoms with van der Waals surface area (Å²) >= 11 is 0. The van der Waals surface area contributed by atoms with Crippen molar-refractivity contribution >= 4 is 21.6 Å². The van der Waals surface area contributed by atoms with Gasteiger partial charge in [-0.05, 0) is 17.5 Å². The lowest BCUT2D eigenvalue weighted by molar-refractivity contribution is 0.320. The highest BCUT2D eigenvalue weighted by Gasteiger charge is 2.01. The van der Waals surface area contributed by atoms with Crippen LogP contribution in [-0.2, 0) is 0 Å². The second-order valence-corrected chi connectivity index (χ2v) is 3.77. The lowest BCUT2D eigenvalue weighted by Crippen LogP contribution is -1.98. The Bertz CT molecular complexity index is 428. The van der Waals surface area contributed by atoms with Crippen LogP contribution in [0.3, 0.4) is 0 Å². The molecule has 0 aromatic carbocycles. The number of hydrogen-bond acceptors (Lipinski definition) is 2. The van der Waals surface area contributed by atoms with Crippen LogP contribution >= 0.6 is 0 Å². The summed E-state index contributed by atoms with van der Waals surface area (Å²) in [5.41, 5.74) is 2.55. The molecule has 0 aromatic rings. The van der Waals surface area contributed by atoms with Gasteiger partial charge in [0, 0.05) is 6.21 Å². The molecule has 0 heterocycles. The van der Waals surface area contributed by atoms with E-state index < -0.39 is 0 Å². The second kappa shape index (κ2) is 6.79. The summed E-state index contributed by atoms with van der Waals surface area (Å²) in [6, 6.07) is 14.5. The van der Waals surface area contributed by atoms with E-state index in [1.807, 2.05) is 25.1 Å². The molecule has 2 rings (SSSR count). The van der Waals surface area contributed by atoms with Crippen LogP contribution in [0.15, 0.2) is 47.6 Å². The molecule has 0 atom stereocenters. The Kier molecular flexibility index (Phi) is 5.29. The normalized spacial score (nSPS) is 10.1. The quantitative estimate of drug-likeness (QED) is 0.346. The van der Waals surface area contributed by atoms with E-state index in [2.05, 4.69) is 39.7 Å². The highest BCUT2D eigenvalue weighted by atomic mass is 28.1. The van der Waals surface area contributed by atoms with Crippen molar-refractivity contribution in [1.82, 2.24) is 0 Å². The minimum atomic E-state index is 0.802. The van der Waals surface area contributed by atoms with Crippen LogP contribution in [0.4, 0.5) is 0 Å². The van der Waals surface area contributed by atoms with E-state index in [0.717, 1.165) is 11.6 Å². The van der Waals surface area contributed by atoms with Gasteiger partial charge in [0.25, 0.3) is 0 Å². The molecule has 0 saturated heterocycles. The van der Waals surface area contributed by atoms with Gasteiger partial charge < -0.3 is 5.21 Å². The number of hydrogen-bond donors (Lipinski definition) is 1. The van der Waals surface area contributed by atoms with Crippen molar-refractivity contribution < 1.29 is 5.21 Å². The molecular weight excluding hydrogens is 214 g/mol. The molecule has 3 radical (unpaired) electrons. The van der Waals surface area contributed by atoms with Gasteiger partial charge in [-0.2, -0.15) is 0 Å². The van der Waals surface area contributed by atoms with Crippen molar-refractivity contribution in [2.75, 3.05) is 0 Å². The van der Waals surface area contributed by atoms with Crippen molar-refractivity contribution in [1.29, 1.82) is 0 Å². The van der Waals surface area contributed by atoms with E-state index in [0.29, 0.717) is 0 Å². The number of rotatable bonds is 1. The number of oxime groups is 1. The molecule has 1 N–H and O–H groups in total. The third-order valence-corrected chi connectivity index (χ3v) is 2.49. The van der Waals surface area contributed by atoms with E-state index in [1.54, 1.807) is 0 Å². The van der Waals surface area contributed by atoms with Crippen molar-refractivity contribution in [2.24, 2.45) is 5.16 Å². The van der Waals surface area contributed by atoms with Gasteiger partial charge in [0.2, 0.25) is 0 Å². The fourth-order valence-corrected chi connectivity index (χ4v) is 1.61. The third kappa shape index (κ3) is 3.51. The van der Waals surface area contributed by atoms with Gasteiger partial charge in [0.05, 0.1) is 10.2 Å². The SMILES string of the molecule is CCC=NO.[Si]c1ccc2cccccc1-2. The van der Waals surface area contributed by atoms with Crippen LogP contribution in [0.25, 0.3) is 11.1 Å². The summed E-state index contributed by atoms with van der Waals surface area (Å²) in [5, 5.41) is 11.5. The smallest absolute Gasteiger partial charge is 0.0720 e. The van der Waals surface area contributed by atoms with Crippen molar-refractivity contribution in [2.45, 2.75) is 13.3 Å². The summed E-state index contributed by atoms with van der Waals surface area (Å²) in [7, 11) is 3.54. The van der Waals surface area contributed by atoms with Gasteiger partial charge in [0.15, 0.2) is 0 Å². The zero-order valence-electron chi connectivity index (χ0n) is 9.22. The maximum atomic E-state index is 7.64. The standard InChI is InChI=1S/C10H7Si.C3H7NO/c11-10-7-6-8-4-2-1-3-5-9(8)10;1-2-3-4-5/h1-7H;3,5H,2H2,1H3. The van der Waals surface area contributed by atoms with E-state index in [4.69, 9.17) is 5.21 Å². The van der Waals surface area contributed by atoms with Gasteiger partial charge in [-0.25, -0.2) is 0 Å². The maximum Gasteiger partial charge on any atom is 0.0720 e. The maximum absolute atomic E-state index is 7.64. The Morgan fingerprint density at radius 2 is 1.94 bits per heavy atom. The highest BCUT2D eigenvalue weighted by molar-refractivity contribution is 6.36. The first-order valence-electron chi connectivity index (χ1n) is 5.14. The molecule has 0 saturated carbocycles. The Hall–Kier alpha value is -1.61. The Labute approximate surface area is 99.4 Å². The monoisotopic (exact) mass is 228 g/mol. The fraction of sp³-hybridized carbons (Fsp3) is 0.154. The van der Waals surface area contributed by atoms with E-state index in [9.17, 15) is 0 Å². The van der Waals surface area contributed by atoms with Crippen molar-refractivity contribution in [3.05, 3.63) is 42.5 Å². The molecule has 0 aromatic heterocycles. The molecule has 2 nitrogen and oxygen atoms in total. The lowest BCUT2D eigenvalue weighted by Gasteiger charge is -1.91. The minimum Gasteiger partial charge on any atom is -0.411 e. The average molecular weight is 228 g/mol. The Balaban J connectivity index is 0.000000221. The lowest BCUT2D eigenvalue weighted by atomic mass is 10.2. The van der Waals surface area contributed by atoms with Crippen LogP contribution in [0.1, 0.15) is 13.3 Å². The molecular formula is C13H14NOSi. The van der Waals surface area contributed by atoms with Crippen LogP contribution in [0.5, 0.6) is 0 Å². The Morgan fingerprint density at radius 1 is 1.19 bits per heavy atom. The fourth-order valence-electron chi connectivity index (χ4n) is 1.30. The second-order valence-electron chi connectivity index (χ2n) is 3.23. The molecule has 0 bridgehead atoms. The third-order valence-electron chi connectivity index (χ3n) is 2.06. The summed E-state index contributed by atoms with van der Waals surface area (Å²) in [6.07, 6.45) is 2.23. The molecule has 0 fully saturated rings. The predicted molar refractivity (Wildman–Crippen MR) is 69.0 cm³/mol. The molecule has 2 aliphatic rings. The summed E-state index contributed by atoms with van der Waals surface area (Å²) < 4.78 is 0. The van der Waals surface area contributed by atoms with Crippen LogP contribution in [-0.4, -0.2) is 21.7 Å². The van der Waals surface area contributed by atoms with E-state index in [1.165, 1.54) is 17.3 Å². The van der Waals surface area contributed by atoms with Crippen molar-refractivity contribution in [3.8, 4) is 11.1 Å². The molecule has 3 heteroatoms. The van der Waals surface area contributed by atoms with Gasteiger partial charge in [0.1, 0.15) is 0 Å². The molecule has 0 amide bonds. The average Bonchev–Trinajstić information content (AvgIpc) is 2.53. The Morgan fingerprint density at radius 3 is 2.56 bits per heavy atom. The first kappa shape index (κ1) is 12.5. The largest absolute Gasteiger partial charge is 0.411 e. The molecule has 2 aliphatic carbocycles. The summed E-state index contributed by atoms with van der Waals surface area (Å²) in [6.45, 7) is 1.90. The number of fused-ring (bicyclic) bond motifs is 1. The van der Waals surface area contributed by atoms with Crippen LogP contribution in [0.2, 0.25) is 0 Å². The highest BCUT2D eigenvalue weighted by Crippen LogP contribution is 2.17. The minimum absolute atomic E-state index is 0.802. The number of nitrogens with zero attached hydrogens (tertiary/aromatic N) is 1. The predicted octanol–water partition coefficient (Wildman–Crippen LogP) is 2.44. The van der Waals surface area contributed by atoms with E-state index >= 15 is 0 Å². The summed E-state index contributed by atoms with van der Waals surface area (Å²) in [5.74, 6) is 0. The van der Waals surface area contributed by atoms with Crippen LogP contribution in [0, 0.1) is 0 Å². The molecule has 0 aliphatic heterocycles. The van der Waals surface area contributed by atoms with E-state index in [-0.39, 0.29) is 0 Å². The molecule has 0 unspecified atom stereocenters. The first-order valence-corrected chi connectivity index (χ1v) is 5.64. The summed E-state index contributed by atoms with van der Waals surface area (Å²) in [4.78, 5) is 0. The zero-order chi connectivity index (χ0) is 11.8. The first-order chi connectivity index (χ1) is 7.79. The topological polar surface area (TPSA) is 32.6 Å². The van der Waals surface area contributed by atoms with Crippen LogP contribution < -0.4 is 5.19 Å². The van der Waals surface area contributed by atoms with Gasteiger partial charge in [-0.3, -0.25) is 0 Å². The van der Waals surface area contributed by atoms with Gasteiger partial charge >= 0.3 is 0 Å². The molecule has 16 heavy (non-hydrogen) atoms. The zero-order valence-corrected chi connectivity index (χ0v) is 10.2. The molecule has 0 spiro atoms. The van der Waals surface area contributed by atoms with Crippen molar-refractivity contribution in [3.63, 3.8) is 0 Å². The van der Waals surface area contributed by atoms with Gasteiger partial charge in [-0.1, -0.05) is 54.6 Å². The molecule has 81 valence electrons.